The number of amidine groups is 1. The second-order valence-electron chi connectivity index (χ2n) is 14.6. The molecule has 0 radical (unpaired) electrons. The molecule has 2 atom stereocenters. The molecule has 13 heteroatoms. The number of hydrogen-bond donors (Lipinski definition) is 0. The summed E-state index contributed by atoms with van der Waals surface area (Å²) >= 11 is 12.8. The third-order valence-electron chi connectivity index (χ3n) is 10.3. The number of urea groups is 1. The Kier molecular flexibility index (Phi) is 10.7. The van der Waals surface area contributed by atoms with Crippen molar-refractivity contribution in [3.8, 4) is 5.88 Å². The van der Waals surface area contributed by atoms with E-state index in [1.165, 1.54) is 0 Å². The minimum atomic E-state index is -1.06. The van der Waals surface area contributed by atoms with E-state index in [1.807, 2.05) is 99.9 Å². The summed E-state index contributed by atoms with van der Waals surface area (Å²) in [6.07, 6.45) is 1.72. The summed E-state index contributed by atoms with van der Waals surface area (Å²) in [4.78, 5) is 51.0. The molecule has 3 aliphatic heterocycles. The predicted octanol–water partition coefficient (Wildman–Crippen LogP) is 5.97. The number of aromatic nitrogens is 2. The number of carbonyl (C=O) groups excluding carboxylic acids is 2. The summed E-state index contributed by atoms with van der Waals surface area (Å²) < 4.78 is 11.6. The van der Waals surface area contributed by atoms with Crippen LogP contribution in [0, 0.1) is 0 Å². The Hall–Kier alpha value is -3.77. The van der Waals surface area contributed by atoms with E-state index >= 15 is 4.79 Å². The molecule has 51 heavy (non-hydrogen) atoms. The molecule has 4 heterocycles. The van der Waals surface area contributed by atoms with Gasteiger partial charge in [-0.05, 0) is 56.2 Å². The molecule has 11 nitrogen and oxygen atoms in total. The summed E-state index contributed by atoms with van der Waals surface area (Å²) in [6, 6.07) is 15.0. The summed E-state index contributed by atoms with van der Waals surface area (Å²) in [5.41, 5.74) is -0.172. The van der Waals surface area contributed by atoms with Crippen LogP contribution in [0.3, 0.4) is 0 Å². The van der Waals surface area contributed by atoms with Crippen molar-refractivity contribution in [2.45, 2.75) is 58.0 Å². The number of nitrogens with zero attached hydrogens (tertiary/aromatic N) is 7. The minimum absolute atomic E-state index is 0.0863. The van der Waals surface area contributed by atoms with Gasteiger partial charge in [-0.1, -0.05) is 68.2 Å². The number of ether oxygens (including phenoxy) is 2. The first kappa shape index (κ1) is 37.0. The highest BCUT2D eigenvalue weighted by molar-refractivity contribution is 6.30. The monoisotopic (exact) mass is 735 g/mol. The van der Waals surface area contributed by atoms with Crippen molar-refractivity contribution in [2.24, 2.45) is 4.99 Å². The van der Waals surface area contributed by atoms with E-state index in [2.05, 4.69) is 4.90 Å². The van der Waals surface area contributed by atoms with Crippen molar-refractivity contribution in [3.63, 3.8) is 0 Å². The molecule has 3 aliphatic rings. The quantitative estimate of drug-likeness (QED) is 0.295. The van der Waals surface area contributed by atoms with Crippen LogP contribution in [0.2, 0.25) is 10.0 Å². The molecule has 2 aromatic carbocycles. The van der Waals surface area contributed by atoms with Crippen molar-refractivity contribution in [1.82, 2.24) is 29.6 Å². The Balaban J connectivity index is 1.44. The van der Waals surface area contributed by atoms with Gasteiger partial charge in [0.25, 0.3) is 0 Å². The lowest BCUT2D eigenvalue weighted by Gasteiger charge is -2.47. The number of halogens is 2. The van der Waals surface area contributed by atoms with Gasteiger partial charge in [0.1, 0.15) is 22.7 Å². The van der Waals surface area contributed by atoms with E-state index < -0.39 is 11.1 Å². The standard InChI is InChI=1S/C38H47Cl2N7O4/c1-7-51-33-30(24-41-34(42-33)36(2,3)4)32-43-37(5,26-8-12-28(39)13-9-26)38(6,27-10-14-29(40)15-11-27)47(32)35(49)46-18-16-44(17-19-46)25-31(48)45-20-22-50-23-21-45/h8-15,24H,7,16-23,25H2,1-6H3/t37-,38-/m0/s1. The summed E-state index contributed by atoms with van der Waals surface area (Å²) in [5, 5.41) is 1.18. The lowest BCUT2D eigenvalue weighted by molar-refractivity contribution is -0.136. The lowest BCUT2D eigenvalue weighted by Crippen LogP contribution is -2.61. The Morgan fingerprint density at radius 1 is 0.863 bits per heavy atom. The van der Waals surface area contributed by atoms with Crippen molar-refractivity contribution in [2.75, 3.05) is 65.6 Å². The molecule has 0 N–H and O–H groups in total. The zero-order valence-electron chi connectivity index (χ0n) is 30.3. The average molecular weight is 737 g/mol. The van der Waals surface area contributed by atoms with E-state index in [9.17, 15) is 4.79 Å². The zero-order valence-corrected chi connectivity index (χ0v) is 31.8. The average Bonchev–Trinajstić information content (AvgIpc) is 3.36. The third-order valence-corrected chi connectivity index (χ3v) is 10.8. The minimum Gasteiger partial charge on any atom is -0.477 e. The highest BCUT2D eigenvalue weighted by Gasteiger charge is 2.60. The Morgan fingerprint density at radius 3 is 2.02 bits per heavy atom. The van der Waals surface area contributed by atoms with Gasteiger partial charge in [0, 0.05) is 60.9 Å². The maximum Gasteiger partial charge on any atom is 0.326 e. The number of rotatable bonds is 7. The third kappa shape index (κ3) is 7.18. The first-order valence-electron chi connectivity index (χ1n) is 17.6. The van der Waals surface area contributed by atoms with E-state index in [0.29, 0.717) is 98.8 Å². The van der Waals surface area contributed by atoms with Gasteiger partial charge in [-0.25, -0.2) is 9.78 Å². The molecule has 0 saturated carbocycles. The summed E-state index contributed by atoms with van der Waals surface area (Å²) in [6.45, 7) is 17.1. The van der Waals surface area contributed by atoms with Crippen LogP contribution in [0.4, 0.5) is 4.79 Å². The molecule has 3 amide bonds. The van der Waals surface area contributed by atoms with Gasteiger partial charge < -0.3 is 19.3 Å². The van der Waals surface area contributed by atoms with Crippen molar-refractivity contribution in [3.05, 3.63) is 87.3 Å². The second kappa shape index (κ2) is 14.7. The number of morpholine rings is 1. The lowest BCUT2D eigenvalue weighted by atomic mass is 9.71. The van der Waals surface area contributed by atoms with Crippen LogP contribution in [-0.2, 0) is 26.0 Å². The number of piperazine rings is 1. The highest BCUT2D eigenvalue weighted by Crippen LogP contribution is 2.54. The number of benzene rings is 2. The SMILES string of the molecule is CCOc1nc(C(C)(C)C)ncc1C1=N[C@@](C)(c2ccc(Cl)cc2)[C@](C)(c2ccc(Cl)cc2)N1C(=O)N1CCN(CC(=O)N2CCOCC2)CC1. The number of amides is 3. The Morgan fingerprint density at radius 2 is 1.45 bits per heavy atom. The number of carbonyl (C=O) groups is 2. The summed E-state index contributed by atoms with van der Waals surface area (Å²) in [5.74, 6) is 1.47. The van der Waals surface area contributed by atoms with Crippen LogP contribution >= 0.6 is 23.2 Å². The highest BCUT2D eigenvalue weighted by atomic mass is 35.5. The zero-order chi connectivity index (χ0) is 36.6. The fourth-order valence-electron chi connectivity index (χ4n) is 7.04. The smallest absolute Gasteiger partial charge is 0.326 e. The second-order valence-corrected chi connectivity index (χ2v) is 15.4. The van der Waals surface area contributed by atoms with Crippen LogP contribution in [0.15, 0.2) is 59.7 Å². The van der Waals surface area contributed by atoms with Crippen LogP contribution in [0.25, 0.3) is 0 Å². The molecule has 3 aromatic rings. The van der Waals surface area contributed by atoms with Crippen LogP contribution < -0.4 is 4.74 Å². The van der Waals surface area contributed by atoms with Gasteiger partial charge in [-0.2, -0.15) is 4.98 Å². The van der Waals surface area contributed by atoms with E-state index in [0.717, 1.165) is 11.1 Å². The number of hydrogen-bond acceptors (Lipinski definition) is 8. The Labute approximate surface area is 310 Å². The van der Waals surface area contributed by atoms with Gasteiger partial charge in [0.2, 0.25) is 11.8 Å². The maximum atomic E-state index is 15.2. The van der Waals surface area contributed by atoms with E-state index in [4.69, 9.17) is 47.6 Å². The molecule has 0 unspecified atom stereocenters. The number of aliphatic imine (C=N–C) groups is 1. The van der Waals surface area contributed by atoms with Crippen molar-refractivity contribution >= 4 is 41.0 Å². The van der Waals surface area contributed by atoms with Crippen molar-refractivity contribution < 1.29 is 19.1 Å². The normalized spacial score (nSPS) is 23.0. The van der Waals surface area contributed by atoms with Crippen LogP contribution in [0.1, 0.15) is 64.1 Å². The first-order valence-corrected chi connectivity index (χ1v) is 18.3. The van der Waals surface area contributed by atoms with E-state index in [1.54, 1.807) is 11.1 Å². The van der Waals surface area contributed by atoms with Gasteiger partial charge in [-0.3, -0.25) is 19.6 Å². The molecule has 6 rings (SSSR count). The molecular weight excluding hydrogens is 689 g/mol. The first-order chi connectivity index (χ1) is 24.3. The van der Waals surface area contributed by atoms with Gasteiger partial charge in [-0.15, -0.1) is 0 Å². The van der Waals surface area contributed by atoms with Crippen LogP contribution in [-0.4, -0.2) is 113 Å². The Bertz CT molecular complexity index is 1770. The maximum absolute atomic E-state index is 15.2. The van der Waals surface area contributed by atoms with Crippen molar-refractivity contribution in [1.29, 1.82) is 0 Å². The predicted molar refractivity (Wildman–Crippen MR) is 199 cm³/mol. The molecule has 0 bridgehead atoms. The molecule has 0 spiro atoms. The molecule has 1 aromatic heterocycles. The molecule has 272 valence electrons. The van der Waals surface area contributed by atoms with Crippen LogP contribution in [0.5, 0.6) is 5.88 Å². The molecular formula is C38H47Cl2N7O4. The van der Waals surface area contributed by atoms with Gasteiger partial charge >= 0.3 is 6.03 Å². The fraction of sp³-hybridized carbons (Fsp3) is 0.500. The molecule has 2 saturated heterocycles. The molecule has 0 aliphatic carbocycles. The summed E-state index contributed by atoms with van der Waals surface area (Å²) in [7, 11) is 0. The van der Waals surface area contributed by atoms with Gasteiger partial charge in [0.05, 0.1) is 31.9 Å². The molecule has 2 fully saturated rings. The van der Waals surface area contributed by atoms with Gasteiger partial charge in [0.15, 0.2) is 0 Å². The fourth-order valence-corrected chi connectivity index (χ4v) is 7.29. The largest absolute Gasteiger partial charge is 0.477 e. The van der Waals surface area contributed by atoms with E-state index in [-0.39, 0.29) is 17.4 Å². The topological polar surface area (TPSA) is 104 Å².